The van der Waals surface area contributed by atoms with Crippen LogP contribution >= 0.6 is 0 Å². The third-order valence-corrected chi connectivity index (χ3v) is 11.0. The maximum atomic E-state index is 14.7. The van der Waals surface area contributed by atoms with Crippen molar-refractivity contribution in [3.05, 3.63) is 83.9 Å². The first-order valence-corrected chi connectivity index (χ1v) is 20.5. The van der Waals surface area contributed by atoms with Crippen LogP contribution in [0.1, 0.15) is 90.2 Å². The minimum absolute atomic E-state index is 0.0147. The molecule has 11 heteroatoms. The van der Waals surface area contributed by atoms with Gasteiger partial charge in [0.2, 0.25) is 11.8 Å². The van der Waals surface area contributed by atoms with Gasteiger partial charge in [0, 0.05) is 51.6 Å². The van der Waals surface area contributed by atoms with Crippen LogP contribution in [-0.2, 0) is 32.0 Å². The first-order chi connectivity index (χ1) is 26.9. The molecule has 0 spiro atoms. The van der Waals surface area contributed by atoms with Crippen molar-refractivity contribution in [1.82, 2.24) is 25.8 Å². The molecule has 1 saturated carbocycles. The minimum Gasteiger partial charge on any atom is -0.444 e. The number of nitrogens with zero attached hydrogens (tertiary/aromatic N) is 2. The Morgan fingerprint density at radius 2 is 1.52 bits per heavy atom. The molecule has 1 aliphatic heterocycles. The van der Waals surface area contributed by atoms with E-state index in [1.807, 2.05) is 88.4 Å². The Balaban J connectivity index is 1.21. The topological polar surface area (TPSA) is 137 Å². The van der Waals surface area contributed by atoms with Crippen molar-refractivity contribution in [2.24, 2.45) is 11.3 Å². The number of amides is 5. The van der Waals surface area contributed by atoms with Gasteiger partial charge < -0.3 is 30.5 Å². The molecule has 0 radical (unpaired) electrons. The Bertz CT molecular complexity index is 1800. The highest BCUT2D eigenvalue weighted by Crippen LogP contribution is 2.43. The zero-order chi connectivity index (χ0) is 40.1. The van der Waals surface area contributed by atoms with Crippen molar-refractivity contribution in [3.63, 3.8) is 0 Å². The summed E-state index contributed by atoms with van der Waals surface area (Å²) in [7, 11) is 0. The fourth-order valence-corrected chi connectivity index (χ4v) is 8.14. The number of hydrogen-bond acceptors (Lipinski definition) is 6. The molecule has 2 unspecified atom stereocenters. The summed E-state index contributed by atoms with van der Waals surface area (Å²) >= 11 is 0. The Labute approximate surface area is 332 Å². The number of piperazine rings is 1. The lowest BCUT2D eigenvalue weighted by Gasteiger charge is -2.40. The maximum Gasteiger partial charge on any atom is 0.407 e. The number of fused-ring (bicyclic) bond motifs is 1. The second kappa shape index (κ2) is 19.8. The Kier molecular flexibility index (Phi) is 14.9. The highest BCUT2D eigenvalue weighted by atomic mass is 16.6. The lowest BCUT2D eigenvalue weighted by atomic mass is 9.64. The van der Waals surface area contributed by atoms with Gasteiger partial charge in [0.1, 0.15) is 5.60 Å². The molecule has 3 N–H and O–H groups in total. The minimum atomic E-state index is -0.778. The van der Waals surface area contributed by atoms with Crippen LogP contribution in [0.15, 0.2) is 72.8 Å². The van der Waals surface area contributed by atoms with Gasteiger partial charge in [-0.25, -0.2) is 9.59 Å². The molecule has 3 aromatic rings. The molecule has 11 nitrogen and oxygen atoms in total. The van der Waals surface area contributed by atoms with Crippen LogP contribution in [0.25, 0.3) is 10.8 Å². The van der Waals surface area contributed by atoms with Crippen LogP contribution in [0.2, 0.25) is 0 Å². The van der Waals surface area contributed by atoms with Gasteiger partial charge in [-0.15, -0.1) is 0 Å². The highest BCUT2D eigenvalue weighted by molar-refractivity contribution is 5.92. The van der Waals surface area contributed by atoms with Crippen LogP contribution in [0.3, 0.4) is 0 Å². The number of carbonyl (C=O) groups excluding carboxylic acids is 5. The second-order valence-electron chi connectivity index (χ2n) is 16.5. The Hall–Kier alpha value is -4.93. The third kappa shape index (κ3) is 12.0. The smallest absolute Gasteiger partial charge is 0.407 e. The zero-order valence-corrected chi connectivity index (χ0v) is 33.7. The summed E-state index contributed by atoms with van der Waals surface area (Å²) in [4.78, 5) is 70.6. The SMILES string of the molecule is CCNC(=O)[C@]1(Cc2ccccc2)CCCC(C(=O)C(Cc2ccc3ccccc3c2)NC(=O)N2CCN(C(=O)CCCCCNC(=O)OC(C)(C)C)CC2)C1. The fourth-order valence-electron chi connectivity index (χ4n) is 8.14. The van der Waals surface area contributed by atoms with E-state index in [1.165, 1.54) is 0 Å². The maximum absolute atomic E-state index is 14.7. The molecule has 1 heterocycles. The average molecular weight is 768 g/mol. The lowest BCUT2D eigenvalue weighted by Crippen LogP contribution is -2.57. The van der Waals surface area contributed by atoms with E-state index in [1.54, 1.807) is 9.80 Å². The Morgan fingerprint density at radius 1 is 0.821 bits per heavy atom. The van der Waals surface area contributed by atoms with Crippen LogP contribution in [0.4, 0.5) is 9.59 Å². The molecule has 2 fully saturated rings. The van der Waals surface area contributed by atoms with E-state index in [0.29, 0.717) is 84.2 Å². The predicted octanol–water partition coefficient (Wildman–Crippen LogP) is 6.81. The number of benzene rings is 3. The molecule has 5 amide bonds. The van der Waals surface area contributed by atoms with Crippen molar-refractivity contribution < 1.29 is 28.7 Å². The van der Waals surface area contributed by atoms with Gasteiger partial charge in [0.05, 0.1) is 11.5 Å². The van der Waals surface area contributed by atoms with Gasteiger partial charge in [0.15, 0.2) is 5.78 Å². The van der Waals surface area contributed by atoms with E-state index in [0.717, 1.165) is 41.2 Å². The molecule has 1 saturated heterocycles. The van der Waals surface area contributed by atoms with Crippen LogP contribution in [-0.4, -0.2) is 90.4 Å². The number of nitrogens with one attached hydrogen (secondary N) is 3. The van der Waals surface area contributed by atoms with Crippen molar-refractivity contribution >= 4 is 40.5 Å². The molecule has 302 valence electrons. The first-order valence-electron chi connectivity index (χ1n) is 20.5. The quantitative estimate of drug-likeness (QED) is 0.145. The van der Waals surface area contributed by atoms with E-state index in [-0.39, 0.29) is 29.5 Å². The average Bonchev–Trinajstić information content (AvgIpc) is 3.18. The molecular formula is C45H61N5O6. The zero-order valence-electron chi connectivity index (χ0n) is 33.7. The molecular weight excluding hydrogens is 707 g/mol. The second-order valence-corrected chi connectivity index (χ2v) is 16.5. The summed E-state index contributed by atoms with van der Waals surface area (Å²) in [5.74, 6) is -0.386. The molecule has 2 aliphatic rings. The number of hydrogen-bond donors (Lipinski definition) is 3. The highest BCUT2D eigenvalue weighted by Gasteiger charge is 2.45. The fraction of sp³-hybridized carbons (Fsp3) is 0.533. The molecule has 0 aromatic heterocycles. The number of Topliss-reactive ketones (excluding diaryl/α,β-unsaturated/α-hetero) is 1. The third-order valence-electron chi connectivity index (χ3n) is 11.0. The van der Waals surface area contributed by atoms with E-state index >= 15 is 0 Å². The summed E-state index contributed by atoms with van der Waals surface area (Å²) in [5.41, 5.74) is 0.762. The van der Waals surface area contributed by atoms with E-state index < -0.39 is 23.2 Å². The number of ether oxygens (including phenoxy) is 1. The number of unbranched alkanes of at least 4 members (excludes halogenated alkanes) is 2. The monoisotopic (exact) mass is 767 g/mol. The number of rotatable bonds is 15. The van der Waals surface area contributed by atoms with Gasteiger partial charge in [-0.1, -0.05) is 85.6 Å². The Morgan fingerprint density at radius 3 is 2.23 bits per heavy atom. The number of ketones is 1. The largest absolute Gasteiger partial charge is 0.444 e. The van der Waals surface area contributed by atoms with E-state index in [9.17, 15) is 24.0 Å². The van der Waals surface area contributed by atoms with Gasteiger partial charge in [-0.05, 0) is 94.5 Å². The summed E-state index contributed by atoms with van der Waals surface area (Å²) < 4.78 is 5.26. The van der Waals surface area contributed by atoms with Gasteiger partial charge in [0.25, 0.3) is 0 Å². The molecule has 56 heavy (non-hydrogen) atoms. The van der Waals surface area contributed by atoms with Crippen LogP contribution in [0.5, 0.6) is 0 Å². The van der Waals surface area contributed by atoms with Gasteiger partial charge in [-0.3, -0.25) is 14.4 Å². The van der Waals surface area contributed by atoms with Crippen LogP contribution in [0, 0.1) is 11.3 Å². The predicted molar refractivity (Wildman–Crippen MR) is 219 cm³/mol. The summed E-state index contributed by atoms with van der Waals surface area (Å²) in [6.07, 6.45) is 5.66. The van der Waals surface area contributed by atoms with Crippen molar-refractivity contribution in [1.29, 1.82) is 0 Å². The number of carbonyl (C=O) groups is 5. The number of alkyl carbamates (subject to hydrolysis) is 1. The van der Waals surface area contributed by atoms with Gasteiger partial charge in [-0.2, -0.15) is 0 Å². The summed E-state index contributed by atoms with van der Waals surface area (Å²) in [5, 5.41) is 11.1. The lowest BCUT2D eigenvalue weighted by molar-refractivity contribution is -0.137. The van der Waals surface area contributed by atoms with Crippen LogP contribution < -0.4 is 16.0 Å². The van der Waals surface area contributed by atoms with Crippen molar-refractivity contribution in [2.45, 2.75) is 104 Å². The summed E-state index contributed by atoms with van der Waals surface area (Å²) in [6, 6.07) is 23.1. The summed E-state index contributed by atoms with van der Waals surface area (Å²) in [6.45, 7) is 9.98. The van der Waals surface area contributed by atoms with Crippen molar-refractivity contribution in [3.8, 4) is 0 Å². The molecule has 0 bridgehead atoms. The molecule has 3 atom stereocenters. The standard InChI is InChI=1S/C45H61N5O6/c1-5-46-41(53)45(31-33-15-8-6-9-16-33)23-14-19-37(32-45)40(52)38(30-34-21-22-35-17-11-12-18-36(35)29-34)48-42(54)50-27-25-49(26-28-50)39(51)20-10-7-13-24-47-43(55)56-44(2,3)4/h6,8-9,11-12,15-18,21-22,29,37-38H,5,7,10,13-14,19-20,23-28,30-32H2,1-4H3,(H,46,53)(H,47,55)(H,48,54)/t37?,38?,45-/m0/s1. The normalized spacial score (nSPS) is 19.2. The first kappa shape index (κ1) is 42.2. The molecule has 5 rings (SSSR count). The molecule has 3 aromatic carbocycles. The van der Waals surface area contributed by atoms with Gasteiger partial charge >= 0.3 is 12.1 Å². The molecule has 1 aliphatic carbocycles. The number of urea groups is 1. The van der Waals surface area contributed by atoms with E-state index in [2.05, 4.69) is 28.1 Å². The van der Waals surface area contributed by atoms with E-state index in [4.69, 9.17) is 4.74 Å². The van der Waals surface area contributed by atoms with Crippen molar-refractivity contribution in [2.75, 3.05) is 39.3 Å².